The SMILES string of the molecule is CCCCCCCCCCCCC(Br)C=O. The third-order valence-electron chi connectivity index (χ3n) is 2.98. The molecule has 1 unspecified atom stereocenters. The van der Waals surface area contributed by atoms with Crippen LogP contribution < -0.4 is 0 Å². The fourth-order valence-electron chi connectivity index (χ4n) is 1.89. The first kappa shape index (κ1) is 16.1. The molecule has 0 bridgehead atoms. The lowest BCUT2D eigenvalue weighted by Gasteiger charge is -2.03. The lowest BCUT2D eigenvalue weighted by molar-refractivity contribution is -0.107. The first-order valence-corrected chi connectivity index (χ1v) is 7.82. The van der Waals surface area contributed by atoms with Gasteiger partial charge in [-0.15, -0.1) is 0 Å². The van der Waals surface area contributed by atoms with Crippen molar-refractivity contribution in [3.63, 3.8) is 0 Å². The number of halogens is 1. The first-order valence-electron chi connectivity index (χ1n) is 6.90. The molecule has 0 saturated carbocycles. The van der Waals surface area contributed by atoms with Crippen molar-refractivity contribution < 1.29 is 4.79 Å². The predicted octanol–water partition coefficient (Wildman–Crippen LogP) is 5.26. The van der Waals surface area contributed by atoms with Crippen LogP contribution in [0.2, 0.25) is 0 Å². The second-order valence-electron chi connectivity index (χ2n) is 4.62. The van der Waals surface area contributed by atoms with Crippen molar-refractivity contribution in [2.24, 2.45) is 0 Å². The highest BCUT2D eigenvalue weighted by Gasteiger charge is 2.00. The van der Waals surface area contributed by atoms with Crippen molar-refractivity contribution >= 4 is 22.2 Å². The Hall–Kier alpha value is 0.150. The fraction of sp³-hybridized carbons (Fsp3) is 0.929. The zero-order chi connectivity index (χ0) is 12.1. The molecule has 0 fully saturated rings. The van der Waals surface area contributed by atoms with Gasteiger partial charge >= 0.3 is 0 Å². The van der Waals surface area contributed by atoms with Crippen molar-refractivity contribution in [3.8, 4) is 0 Å². The Bertz CT molecular complexity index is 148. The monoisotopic (exact) mass is 290 g/mol. The van der Waals surface area contributed by atoms with E-state index < -0.39 is 0 Å². The van der Waals surface area contributed by atoms with Gasteiger partial charge in [0.15, 0.2) is 0 Å². The molecular weight excluding hydrogens is 264 g/mol. The van der Waals surface area contributed by atoms with Crippen LogP contribution in [0.4, 0.5) is 0 Å². The summed E-state index contributed by atoms with van der Waals surface area (Å²) >= 11 is 3.33. The highest BCUT2D eigenvalue weighted by Crippen LogP contribution is 2.13. The molecule has 0 aromatic heterocycles. The van der Waals surface area contributed by atoms with Gasteiger partial charge in [-0.2, -0.15) is 0 Å². The van der Waals surface area contributed by atoms with E-state index in [0.717, 1.165) is 12.7 Å². The third-order valence-corrected chi connectivity index (χ3v) is 3.65. The molecule has 0 aromatic carbocycles. The Labute approximate surface area is 110 Å². The number of hydrogen-bond acceptors (Lipinski definition) is 1. The summed E-state index contributed by atoms with van der Waals surface area (Å²) in [7, 11) is 0. The number of rotatable bonds is 12. The Kier molecular flexibility index (Phi) is 13.3. The van der Waals surface area contributed by atoms with Gasteiger partial charge in [0.25, 0.3) is 0 Å². The van der Waals surface area contributed by atoms with Crippen molar-refractivity contribution in [1.29, 1.82) is 0 Å². The molecule has 0 aliphatic heterocycles. The number of carbonyl (C=O) groups is 1. The van der Waals surface area contributed by atoms with E-state index in [-0.39, 0.29) is 4.83 Å². The molecular formula is C14H27BrO. The van der Waals surface area contributed by atoms with Crippen LogP contribution >= 0.6 is 15.9 Å². The predicted molar refractivity (Wildman–Crippen MR) is 75.2 cm³/mol. The van der Waals surface area contributed by atoms with Gasteiger partial charge in [0.1, 0.15) is 6.29 Å². The van der Waals surface area contributed by atoms with Gasteiger partial charge in [-0.05, 0) is 6.42 Å². The summed E-state index contributed by atoms with van der Waals surface area (Å²) in [6, 6.07) is 0. The summed E-state index contributed by atoms with van der Waals surface area (Å²) in [6.45, 7) is 2.26. The minimum absolute atomic E-state index is 0.0848. The van der Waals surface area contributed by atoms with Gasteiger partial charge in [0.2, 0.25) is 0 Å². The standard InChI is InChI=1S/C14H27BrO/c1-2-3-4-5-6-7-8-9-10-11-12-14(15)13-16/h13-14H,2-12H2,1H3. The summed E-state index contributed by atoms with van der Waals surface area (Å²) in [6.07, 6.45) is 15.6. The van der Waals surface area contributed by atoms with Gasteiger partial charge in [-0.1, -0.05) is 87.1 Å². The molecule has 0 aromatic rings. The van der Waals surface area contributed by atoms with Crippen LogP contribution in [0.25, 0.3) is 0 Å². The van der Waals surface area contributed by atoms with E-state index in [2.05, 4.69) is 22.9 Å². The summed E-state index contributed by atoms with van der Waals surface area (Å²) in [5.41, 5.74) is 0. The van der Waals surface area contributed by atoms with Gasteiger partial charge < -0.3 is 4.79 Å². The Balaban J connectivity index is 2.96. The summed E-state index contributed by atoms with van der Waals surface area (Å²) < 4.78 is 0. The van der Waals surface area contributed by atoms with Crippen LogP contribution in [-0.2, 0) is 4.79 Å². The van der Waals surface area contributed by atoms with E-state index in [4.69, 9.17) is 0 Å². The second-order valence-corrected chi connectivity index (χ2v) is 5.80. The van der Waals surface area contributed by atoms with Crippen molar-refractivity contribution in [1.82, 2.24) is 0 Å². The maximum atomic E-state index is 10.3. The summed E-state index contributed by atoms with van der Waals surface area (Å²) in [5.74, 6) is 0. The number of alkyl halides is 1. The van der Waals surface area contributed by atoms with E-state index in [1.165, 1.54) is 64.2 Å². The van der Waals surface area contributed by atoms with Crippen LogP contribution in [0.15, 0.2) is 0 Å². The topological polar surface area (TPSA) is 17.1 Å². The van der Waals surface area contributed by atoms with Crippen LogP contribution in [0.1, 0.15) is 77.6 Å². The van der Waals surface area contributed by atoms with Crippen LogP contribution in [0, 0.1) is 0 Å². The highest BCUT2D eigenvalue weighted by molar-refractivity contribution is 9.09. The molecule has 0 heterocycles. The molecule has 0 radical (unpaired) electrons. The molecule has 1 nitrogen and oxygen atoms in total. The maximum Gasteiger partial charge on any atom is 0.133 e. The van der Waals surface area contributed by atoms with Gasteiger partial charge in [0.05, 0.1) is 4.83 Å². The maximum absolute atomic E-state index is 10.3. The lowest BCUT2D eigenvalue weighted by atomic mass is 10.1. The van der Waals surface area contributed by atoms with Gasteiger partial charge in [-0.3, -0.25) is 0 Å². The normalized spacial score (nSPS) is 12.6. The average molecular weight is 291 g/mol. The minimum atomic E-state index is 0.0848. The number of hydrogen-bond donors (Lipinski definition) is 0. The van der Waals surface area contributed by atoms with Crippen LogP contribution in [0.3, 0.4) is 0 Å². The number of carbonyl (C=O) groups excluding carboxylic acids is 1. The fourth-order valence-corrected chi connectivity index (χ4v) is 2.22. The molecule has 0 aliphatic rings. The van der Waals surface area contributed by atoms with Crippen LogP contribution in [0.5, 0.6) is 0 Å². The van der Waals surface area contributed by atoms with Gasteiger partial charge in [-0.25, -0.2) is 0 Å². The van der Waals surface area contributed by atoms with Crippen LogP contribution in [-0.4, -0.2) is 11.1 Å². The molecule has 1 atom stereocenters. The molecule has 0 rings (SSSR count). The lowest BCUT2D eigenvalue weighted by Crippen LogP contribution is -1.97. The third kappa shape index (κ3) is 12.2. The molecule has 0 saturated heterocycles. The highest BCUT2D eigenvalue weighted by atomic mass is 79.9. The Morgan fingerprint density at radius 2 is 1.31 bits per heavy atom. The van der Waals surface area contributed by atoms with Gasteiger partial charge in [0, 0.05) is 0 Å². The number of unbranched alkanes of at least 4 members (excludes halogenated alkanes) is 9. The van der Waals surface area contributed by atoms with E-state index in [9.17, 15) is 4.79 Å². The second kappa shape index (κ2) is 13.2. The van der Waals surface area contributed by atoms with E-state index >= 15 is 0 Å². The van der Waals surface area contributed by atoms with Crippen molar-refractivity contribution in [2.45, 2.75) is 82.4 Å². The summed E-state index contributed by atoms with van der Waals surface area (Å²) in [4.78, 5) is 10.4. The molecule has 0 amide bonds. The van der Waals surface area contributed by atoms with E-state index in [1.807, 2.05) is 0 Å². The zero-order valence-corrected chi connectivity index (χ0v) is 12.3. The average Bonchev–Trinajstić information content (AvgIpc) is 2.31. The molecule has 16 heavy (non-hydrogen) atoms. The molecule has 2 heteroatoms. The van der Waals surface area contributed by atoms with E-state index in [1.54, 1.807) is 0 Å². The Morgan fingerprint density at radius 3 is 1.75 bits per heavy atom. The smallest absolute Gasteiger partial charge is 0.133 e. The molecule has 0 aliphatic carbocycles. The zero-order valence-electron chi connectivity index (χ0n) is 10.7. The molecule has 96 valence electrons. The number of aldehydes is 1. The Morgan fingerprint density at radius 1 is 0.875 bits per heavy atom. The van der Waals surface area contributed by atoms with Crippen molar-refractivity contribution in [2.75, 3.05) is 0 Å². The minimum Gasteiger partial charge on any atom is -0.302 e. The summed E-state index contributed by atoms with van der Waals surface area (Å²) in [5, 5.41) is 0. The first-order chi connectivity index (χ1) is 7.81. The van der Waals surface area contributed by atoms with E-state index in [0.29, 0.717) is 0 Å². The molecule has 0 N–H and O–H groups in total. The largest absolute Gasteiger partial charge is 0.302 e. The van der Waals surface area contributed by atoms with Crippen molar-refractivity contribution in [3.05, 3.63) is 0 Å². The quantitative estimate of drug-likeness (QED) is 0.272. The molecule has 0 spiro atoms.